The Morgan fingerprint density at radius 3 is 2.20 bits per heavy atom. The van der Waals surface area contributed by atoms with E-state index in [1.54, 1.807) is 0 Å². The molecule has 0 amide bonds. The van der Waals surface area contributed by atoms with Crippen LogP contribution in [-0.2, 0) is 4.79 Å². The quantitative estimate of drug-likeness (QED) is 0.567. The van der Waals surface area contributed by atoms with E-state index in [9.17, 15) is 4.79 Å². The van der Waals surface area contributed by atoms with Crippen LogP contribution in [-0.4, -0.2) is 54.9 Å². The van der Waals surface area contributed by atoms with Gasteiger partial charge in [-0.3, -0.25) is 4.79 Å². The van der Waals surface area contributed by atoms with Crippen LogP contribution >= 0.6 is 0 Å². The van der Waals surface area contributed by atoms with E-state index >= 15 is 0 Å². The van der Waals surface area contributed by atoms with Gasteiger partial charge in [0, 0.05) is 0 Å². The van der Waals surface area contributed by atoms with Crippen molar-refractivity contribution in [3.63, 3.8) is 0 Å². The Balaban J connectivity index is 0. The summed E-state index contributed by atoms with van der Waals surface area (Å²) in [6.45, 7) is 3.76. The Kier molecular flexibility index (Phi) is 8.51. The van der Waals surface area contributed by atoms with Gasteiger partial charge in [0.25, 0.3) is 0 Å². The Bertz CT molecular complexity index is 108. The van der Waals surface area contributed by atoms with Crippen molar-refractivity contribution in [2.75, 3.05) is 0 Å². The molecule has 10 heavy (non-hydrogen) atoms. The van der Waals surface area contributed by atoms with Crippen LogP contribution in [0, 0.1) is 5.92 Å². The molecule has 0 aromatic carbocycles. The van der Waals surface area contributed by atoms with Crippen LogP contribution in [0.5, 0.6) is 0 Å². The van der Waals surface area contributed by atoms with Crippen LogP contribution in [0.25, 0.3) is 0 Å². The molecule has 0 rings (SSSR count). The summed E-state index contributed by atoms with van der Waals surface area (Å²) in [6.07, 6.45) is 0.813. The molecule has 3 nitrogen and oxygen atoms in total. The van der Waals surface area contributed by atoms with Crippen LogP contribution in [0.1, 0.15) is 20.3 Å². The standard InChI is InChI=1S/C6H13NO2.Ca.2H/c1-3-4(2)5(7)6(8)9;;;/h4-5H,3,7H2,1-2H3,(H,8,9);;;/t4-,5-;;;/m0.../s1. The third-order valence-electron chi connectivity index (χ3n) is 1.54. The van der Waals surface area contributed by atoms with Crippen molar-refractivity contribution < 1.29 is 9.90 Å². The molecule has 0 aliphatic carbocycles. The second-order valence-corrected chi connectivity index (χ2v) is 2.25. The van der Waals surface area contributed by atoms with Crippen molar-refractivity contribution >= 4 is 43.7 Å². The van der Waals surface area contributed by atoms with E-state index in [2.05, 4.69) is 0 Å². The first kappa shape index (κ1) is 13.3. The first-order chi connectivity index (χ1) is 4.09. The number of nitrogens with two attached hydrogens (primary N) is 1. The molecule has 2 atom stereocenters. The molecule has 0 spiro atoms. The molecule has 0 saturated heterocycles. The Labute approximate surface area is 91.0 Å². The topological polar surface area (TPSA) is 63.3 Å². The number of carboxylic acid groups (broad SMARTS) is 1. The number of hydrogen-bond acceptors (Lipinski definition) is 2. The van der Waals surface area contributed by atoms with Gasteiger partial charge in [-0.15, -0.1) is 0 Å². The SMILES string of the molecule is CC[C@H](C)[C@H](N)C(=O)O.[CaH2]. The fourth-order valence-corrected chi connectivity index (χ4v) is 0.497. The summed E-state index contributed by atoms with van der Waals surface area (Å²) in [7, 11) is 0. The van der Waals surface area contributed by atoms with E-state index < -0.39 is 12.0 Å². The molecule has 0 heterocycles. The number of carbonyl (C=O) groups is 1. The van der Waals surface area contributed by atoms with E-state index in [0.29, 0.717) is 0 Å². The van der Waals surface area contributed by atoms with Gasteiger partial charge >= 0.3 is 43.7 Å². The second-order valence-electron chi connectivity index (χ2n) is 2.25. The summed E-state index contributed by atoms with van der Waals surface area (Å²) in [6, 6.07) is -0.699. The average molecular weight is 173 g/mol. The van der Waals surface area contributed by atoms with Crippen molar-refractivity contribution in [3.8, 4) is 0 Å². The van der Waals surface area contributed by atoms with Gasteiger partial charge in [-0.2, -0.15) is 0 Å². The van der Waals surface area contributed by atoms with Crippen LogP contribution in [0.2, 0.25) is 0 Å². The fourth-order valence-electron chi connectivity index (χ4n) is 0.497. The molecular formula is C6H15CaNO2. The van der Waals surface area contributed by atoms with Gasteiger partial charge in [0.2, 0.25) is 0 Å². The molecule has 0 unspecified atom stereocenters. The summed E-state index contributed by atoms with van der Waals surface area (Å²) in [5.74, 6) is -0.841. The van der Waals surface area contributed by atoms with Crippen molar-refractivity contribution in [2.24, 2.45) is 11.7 Å². The van der Waals surface area contributed by atoms with Crippen molar-refractivity contribution in [1.29, 1.82) is 0 Å². The van der Waals surface area contributed by atoms with E-state index in [-0.39, 0.29) is 43.7 Å². The fraction of sp³-hybridized carbons (Fsp3) is 0.833. The van der Waals surface area contributed by atoms with Crippen LogP contribution in [0.15, 0.2) is 0 Å². The third-order valence-corrected chi connectivity index (χ3v) is 1.54. The van der Waals surface area contributed by atoms with Crippen molar-refractivity contribution in [3.05, 3.63) is 0 Å². The molecule has 0 aromatic rings. The zero-order chi connectivity index (χ0) is 7.44. The van der Waals surface area contributed by atoms with Gasteiger partial charge in [0.1, 0.15) is 6.04 Å². The number of hydrogen-bond donors (Lipinski definition) is 2. The zero-order valence-corrected chi connectivity index (χ0v) is 5.79. The second kappa shape index (κ2) is 6.40. The molecular weight excluding hydrogens is 158 g/mol. The zero-order valence-electron chi connectivity index (χ0n) is 5.79. The molecule has 0 fully saturated rings. The van der Waals surface area contributed by atoms with Gasteiger partial charge < -0.3 is 10.8 Å². The molecule has 3 N–H and O–H groups in total. The van der Waals surface area contributed by atoms with E-state index in [1.807, 2.05) is 13.8 Å². The summed E-state index contributed by atoms with van der Waals surface area (Å²) in [5.41, 5.74) is 5.27. The minimum atomic E-state index is -0.913. The van der Waals surface area contributed by atoms with E-state index in [0.717, 1.165) is 6.42 Å². The molecule has 4 heteroatoms. The Morgan fingerprint density at radius 2 is 2.10 bits per heavy atom. The predicted octanol–water partition coefficient (Wildman–Crippen LogP) is -0.472. The van der Waals surface area contributed by atoms with Crippen LogP contribution in [0.4, 0.5) is 0 Å². The molecule has 0 radical (unpaired) electrons. The average Bonchev–Trinajstić information content (AvgIpc) is 1.84. The molecule has 0 bridgehead atoms. The Hall–Kier alpha value is 0.690. The van der Waals surface area contributed by atoms with E-state index in [4.69, 9.17) is 10.8 Å². The minimum absolute atomic E-state index is 0. The summed E-state index contributed by atoms with van der Waals surface area (Å²) in [5, 5.41) is 8.36. The monoisotopic (exact) mass is 173 g/mol. The van der Waals surface area contributed by atoms with Gasteiger partial charge in [-0.05, 0) is 5.92 Å². The van der Waals surface area contributed by atoms with Gasteiger partial charge in [-0.25, -0.2) is 0 Å². The van der Waals surface area contributed by atoms with Gasteiger partial charge in [-0.1, -0.05) is 20.3 Å². The van der Waals surface area contributed by atoms with Gasteiger partial charge in [0.05, 0.1) is 0 Å². The third kappa shape index (κ3) is 4.50. The normalized spacial score (nSPS) is 15.1. The number of rotatable bonds is 3. The maximum atomic E-state index is 10.2. The van der Waals surface area contributed by atoms with Crippen LogP contribution in [0.3, 0.4) is 0 Å². The van der Waals surface area contributed by atoms with E-state index in [1.165, 1.54) is 0 Å². The summed E-state index contributed by atoms with van der Waals surface area (Å²) < 4.78 is 0. The number of aliphatic carboxylic acids is 1. The van der Waals surface area contributed by atoms with Gasteiger partial charge in [0.15, 0.2) is 0 Å². The van der Waals surface area contributed by atoms with Crippen LogP contribution < -0.4 is 5.73 Å². The number of carboxylic acids is 1. The molecule has 0 saturated carbocycles. The molecule has 0 aliphatic rings. The first-order valence-electron chi connectivity index (χ1n) is 3.08. The molecule has 0 aromatic heterocycles. The molecule has 58 valence electrons. The maximum absolute atomic E-state index is 10.2. The first-order valence-corrected chi connectivity index (χ1v) is 3.08. The summed E-state index contributed by atoms with van der Waals surface area (Å²) in [4.78, 5) is 10.2. The summed E-state index contributed by atoms with van der Waals surface area (Å²) >= 11 is 0. The predicted molar refractivity (Wildman–Crippen MR) is 43.6 cm³/mol. The van der Waals surface area contributed by atoms with Crippen molar-refractivity contribution in [2.45, 2.75) is 26.3 Å². The molecule has 0 aliphatic heterocycles. The van der Waals surface area contributed by atoms with Crippen molar-refractivity contribution in [1.82, 2.24) is 0 Å². The Morgan fingerprint density at radius 1 is 1.70 bits per heavy atom.